The fraction of sp³-hybridized carbons (Fsp3) is 0.233. The maximum Gasteiger partial charge on any atom is 0.341 e. The molecule has 2 N–H and O–H groups in total. The number of carbonyl (C=O) groups is 1. The van der Waals surface area contributed by atoms with Crippen LogP contribution in [0.1, 0.15) is 24.9 Å². The van der Waals surface area contributed by atoms with Crippen LogP contribution in [0.3, 0.4) is 0 Å². The van der Waals surface area contributed by atoms with E-state index in [9.17, 15) is 4.79 Å². The number of ether oxygens (including phenoxy) is 2. The van der Waals surface area contributed by atoms with E-state index in [1.807, 2.05) is 35.2 Å². The second kappa shape index (κ2) is 10.9. The van der Waals surface area contributed by atoms with Crippen LogP contribution >= 0.6 is 0 Å². The number of benzene rings is 4. The van der Waals surface area contributed by atoms with Crippen molar-refractivity contribution in [2.24, 2.45) is 0 Å². The maximum atomic E-state index is 15.4. The zero-order valence-corrected chi connectivity index (χ0v) is 20.6. The molecule has 0 bridgehead atoms. The monoisotopic (exact) mass is 500 g/mol. The van der Waals surface area contributed by atoms with Gasteiger partial charge in [0.05, 0.1) is 17.9 Å². The molecule has 0 saturated heterocycles. The summed E-state index contributed by atoms with van der Waals surface area (Å²) < 4.78 is 26.8. The maximum absolute atomic E-state index is 15.4. The van der Waals surface area contributed by atoms with Gasteiger partial charge < -0.3 is 24.8 Å². The summed E-state index contributed by atoms with van der Waals surface area (Å²) in [5.41, 5.74) is 2.32. The van der Waals surface area contributed by atoms with Gasteiger partial charge >= 0.3 is 5.97 Å². The van der Waals surface area contributed by atoms with Gasteiger partial charge in [-0.25, -0.2) is 9.18 Å². The van der Waals surface area contributed by atoms with E-state index >= 15 is 4.39 Å². The third kappa shape index (κ3) is 5.37. The molecule has 1 aliphatic rings. The molecule has 37 heavy (non-hydrogen) atoms. The number of rotatable bonds is 9. The fourth-order valence-corrected chi connectivity index (χ4v) is 4.83. The average molecular weight is 501 g/mol. The summed E-state index contributed by atoms with van der Waals surface area (Å²) in [6.45, 7) is 2.71. The van der Waals surface area contributed by atoms with Gasteiger partial charge in [-0.05, 0) is 60.5 Å². The van der Waals surface area contributed by atoms with Crippen molar-refractivity contribution in [3.05, 3.63) is 96.3 Å². The number of nitrogens with one attached hydrogen (secondary N) is 1. The Bertz CT molecular complexity index is 1400. The van der Waals surface area contributed by atoms with Crippen molar-refractivity contribution in [1.82, 2.24) is 5.32 Å². The molecule has 0 aliphatic carbocycles. The Morgan fingerprint density at radius 2 is 1.78 bits per heavy atom. The first-order chi connectivity index (χ1) is 18.0. The molecule has 0 spiro atoms. The van der Waals surface area contributed by atoms with Crippen LogP contribution in [0.2, 0.25) is 0 Å². The Morgan fingerprint density at radius 3 is 2.65 bits per heavy atom. The normalized spacial score (nSPS) is 15.6. The molecule has 1 heterocycles. The Kier molecular flexibility index (Phi) is 7.23. The van der Waals surface area contributed by atoms with E-state index in [-0.39, 0.29) is 17.9 Å². The molecule has 7 heteroatoms. The van der Waals surface area contributed by atoms with Gasteiger partial charge in [-0.3, -0.25) is 0 Å². The van der Waals surface area contributed by atoms with Crippen molar-refractivity contribution in [3.8, 4) is 11.5 Å². The first-order valence-corrected chi connectivity index (χ1v) is 12.4. The third-order valence-corrected chi connectivity index (χ3v) is 6.63. The largest absolute Gasteiger partial charge is 0.486 e. The highest BCUT2D eigenvalue weighted by atomic mass is 19.1. The van der Waals surface area contributed by atoms with E-state index in [2.05, 4.69) is 48.6 Å². The average Bonchev–Trinajstić information content (AvgIpc) is 2.91. The number of anilines is 2. The molecule has 0 radical (unpaired) electrons. The predicted octanol–water partition coefficient (Wildman–Crippen LogP) is 6.08. The number of hydrogen-bond donors (Lipinski definition) is 2. The molecule has 6 nitrogen and oxygen atoms in total. The topological polar surface area (TPSA) is 71.0 Å². The molecule has 0 fully saturated rings. The van der Waals surface area contributed by atoms with Gasteiger partial charge in [0.25, 0.3) is 0 Å². The van der Waals surface area contributed by atoms with E-state index in [1.54, 1.807) is 12.1 Å². The lowest BCUT2D eigenvalue weighted by molar-refractivity contribution is -0.139. The molecule has 4 aromatic rings. The lowest BCUT2D eigenvalue weighted by atomic mass is 9.99. The van der Waals surface area contributed by atoms with E-state index in [0.717, 1.165) is 18.7 Å². The summed E-state index contributed by atoms with van der Waals surface area (Å²) in [7, 11) is 0. The van der Waals surface area contributed by atoms with E-state index < -0.39 is 18.4 Å². The van der Waals surface area contributed by atoms with Crippen LogP contribution in [0.4, 0.5) is 15.8 Å². The van der Waals surface area contributed by atoms with E-state index in [4.69, 9.17) is 14.6 Å². The zero-order valence-electron chi connectivity index (χ0n) is 20.6. The number of aliphatic carboxylic acids is 1. The molecule has 5 rings (SSSR count). The Morgan fingerprint density at radius 1 is 1.05 bits per heavy atom. The first kappa shape index (κ1) is 24.6. The van der Waals surface area contributed by atoms with Gasteiger partial charge in [0, 0.05) is 6.04 Å². The lowest BCUT2D eigenvalue weighted by Gasteiger charge is -2.36. The van der Waals surface area contributed by atoms with Gasteiger partial charge in [-0.15, -0.1) is 0 Å². The minimum atomic E-state index is -1.16. The third-order valence-electron chi connectivity index (χ3n) is 6.63. The summed E-state index contributed by atoms with van der Waals surface area (Å²) in [5, 5.41) is 15.0. The van der Waals surface area contributed by atoms with Crippen LogP contribution in [0.15, 0.2) is 84.9 Å². The number of carboxylic acids is 1. The summed E-state index contributed by atoms with van der Waals surface area (Å²) in [4.78, 5) is 12.8. The zero-order chi connectivity index (χ0) is 25.8. The molecule has 2 unspecified atom stereocenters. The van der Waals surface area contributed by atoms with Crippen molar-refractivity contribution >= 4 is 28.1 Å². The minimum absolute atomic E-state index is 0.0917. The molecule has 0 saturated carbocycles. The number of hydrogen-bond acceptors (Lipinski definition) is 5. The van der Waals surface area contributed by atoms with Crippen LogP contribution in [-0.2, 0) is 4.79 Å². The highest BCUT2D eigenvalue weighted by molar-refractivity contribution is 5.86. The van der Waals surface area contributed by atoms with Gasteiger partial charge in [0.2, 0.25) is 0 Å². The summed E-state index contributed by atoms with van der Waals surface area (Å²) in [6, 6.07) is 27.2. The van der Waals surface area contributed by atoms with Gasteiger partial charge in [0.1, 0.15) is 11.9 Å². The summed E-state index contributed by atoms with van der Waals surface area (Å²) in [5.74, 6) is -1.17. The summed E-state index contributed by atoms with van der Waals surface area (Å²) >= 11 is 0. The number of nitrogens with zero attached hydrogens (tertiary/aromatic N) is 1. The van der Waals surface area contributed by atoms with Crippen LogP contribution in [-0.4, -0.2) is 36.9 Å². The Labute approximate surface area is 215 Å². The standard InChI is InChI=1S/C30H29FN2O4/c1-20(23-11-6-9-21-8-2-3-10-24(21)23)32-17-16-22-18-33(25-12-4-5-14-27(25)37-22)26-13-7-15-28(30(26)31)36-19-29(34)35/h2-15,20,22,32H,16-19H2,1H3,(H,34,35). The number of halogens is 1. The van der Waals surface area contributed by atoms with Crippen LogP contribution in [0.5, 0.6) is 11.5 Å². The summed E-state index contributed by atoms with van der Waals surface area (Å²) in [6.07, 6.45) is 0.543. The molecular formula is C30H29FN2O4. The molecule has 1 aliphatic heterocycles. The van der Waals surface area contributed by atoms with Crippen molar-refractivity contribution in [2.75, 3.05) is 24.6 Å². The highest BCUT2D eigenvalue weighted by Gasteiger charge is 2.29. The molecule has 4 aromatic carbocycles. The van der Waals surface area contributed by atoms with Crippen molar-refractivity contribution in [1.29, 1.82) is 0 Å². The molecular weight excluding hydrogens is 471 g/mol. The second-order valence-corrected chi connectivity index (χ2v) is 9.12. The first-order valence-electron chi connectivity index (χ1n) is 12.4. The number of fused-ring (bicyclic) bond motifs is 2. The van der Waals surface area contributed by atoms with Gasteiger partial charge in [0.15, 0.2) is 18.2 Å². The predicted molar refractivity (Wildman–Crippen MR) is 142 cm³/mol. The van der Waals surface area contributed by atoms with Gasteiger partial charge in [-0.1, -0.05) is 60.7 Å². The van der Waals surface area contributed by atoms with Crippen molar-refractivity contribution in [3.63, 3.8) is 0 Å². The van der Waals surface area contributed by atoms with Crippen LogP contribution in [0, 0.1) is 5.82 Å². The van der Waals surface area contributed by atoms with Crippen molar-refractivity contribution < 1.29 is 23.8 Å². The molecule has 0 aromatic heterocycles. The Balaban J connectivity index is 1.31. The smallest absolute Gasteiger partial charge is 0.341 e. The Hall–Kier alpha value is -4.10. The highest BCUT2D eigenvalue weighted by Crippen LogP contribution is 2.41. The van der Waals surface area contributed by atoms with Gasteiger partial charge in [-0.2, -0.15) is 0 Å². The van der Waals surface area contributed by atoms with Crippen molar-refractivity contribution in [2.45, 2.75) is 25.5 Å². The van der Waals surface area contributed by atoms with E-state index in [0.29, 0.717) is 18.0 Å². The fourth-order valence-electron chi connectivity index (χ4n) is 4.83. The quantitative estimate of drug-likeness (QED) is 0.290. The lowest BCUT2D eigenvalue weighted by Crippen LogP contribution is -2.39. The number of carboxylic acid groups (broad SMARTS) is 1. The minimum Gasteiger partial charge on any atom is -0.486 e. The molecule has 190 valence electrons. The SMILES string of the molecule is CC(NCCC1CN(c2cccc(OCC(=O)O)c2F)c2ccccc2O1)c1cccc2ccccc12. The number of para-hydroxylation sites is 2. The molecule has 2 atom stereocenters. The van der Waals surface area contributed by atoms with Crippen LogP contribution < -0.4 is 19.7 Å². The molecule has 0 amide bonds. The second-order valence-electron chi connectivity index (χ2n) is 9.12. The van der Waals surface area contributed by atoms with Crippen LogP contribution in [0.25, 0.3) is 10.8 Å². The van der Waals surface area contributed by atoms with E-state index in [1.165, 1.54) is 22.4 Å².